The fourth-order valence-corrected chi connectivity index (χ4v) is 1.64. The van der Waals surface area contributed by atoms with E-state index in [1.165, 1.54) is 6.92 Å². The van der Waals surface area contributed by atoms with E-state index >= 15 is 0 Å². The van der Waals surface area contributed by atoms with Crippen LogP contribution in [0.2, 0.25) is 0 Å². The average molecular weight is 208 g/mol. The summed E-state index contributed by atoms with van der Waals surface area (Å²) in [6, 6.07) is 3.42. The molecule has 1 aliphatic heterocycles. The largest absolute Gasteiger partial charge is 0.496 e. The molecule has 0 atom stereocenters. The van der Waals surface area contributed by atoms with Crippen molar-refractivity contribution in [1.29, 1.82) is 0 Å². The van der Waals surface area contributed by atoms with Crippen LogP contribution in [0.15, 0.2) is 12.1 Å². The lowest BCUT2D eigenvalue weighted by Crippen LogP contribution is -2.02. The zero-order chi connectivity index (χ0) is 10.8. The Morgan fingerprint density at radius 3 is 2.93 bits per heavy atom. The van der Waals surface area contributed by atoms with Crippen molar-refractivity contribution in [3.8, 4) is 17.2 Å². The van der Waals surface area contributed by atoms with Crippen LogP contribution >= 0.6 is 0 Å². The fraction of sp³-hybridized carbons (Fsp3) is 0.364. The molecule has 0 aliphatic carbocycles. The molecule has 4 heteroatoms. The average Bonchev–Trinajstić information content (AvgIpc) is 2.63. The fourth-order valence-electron chi connectivity index (χ4n) is 1.64. The second kappa shape index (κ2) is 3.81. The minimum Gasteiger partial charge on any atom is -0.496 e. The Kier molecular flexibility index (Phi) is 2.49. The van der Waals surface area contributed by atoms with E-state index in [1.807, 2.05) is 0 Å². The minimum atomic E-state index is -0.352. The summed E-state index contributed by atoms with van der Waals surface area (Å²) in [6.45, 7) is 2.01. The van der Waals surface area contributed by atoms with Gasteiger partial charge < -0.3 is 14.2 Å². The summed E-state index contributed by atoms with van der Waals surface area (Å²) >= 11 is 0. The van der Waals surface area contributed by atoms with Crippen LogP contribution in [0.25, 0.3) is 0 Å². The lowest BCUT2D eigenvalue weighted by atomic mass is 10.1. The van der Waals surface area contributed by atoms with Crippen LogP contribution in [0.4, 0.5) is 0 Å². The molecule has 80 valence electrons. The van der Waals surface area contributed by atoms with E-state index in [1.54, 1.807) is 19.2 Å². The standard InChI is InChI=1S/C11H12O4/c1-7(12)15-8-5-10(13-2)9-3-4-14-11(9)6-8/h5-6H,3-4H2,1-2H3. The second-order valence-corrected chi connectivity index (χ2v) is 3.29. The number of carbonyl (C=O) groups excluding carboxylic acids is 1. The third kappa shape index (κ3) is 1.88. The van der Waals surface area contributed by atoms with Crippen molar-refractivity contribution >= 4 is 5.97 Å². The number of ether oxygens (including phenoxy) is 3. The van der Waals surface area contributed by atoms with E-state index in [4.69, 9.17) is 14.2 Å². The highest BCUT2D eigenvalue weighted by Gasteiger charge is 2.19. The van der Waals surface area contributed by atoms with Gasteiger partial charge in [-0.25, -0.2) is 0 Å². The lowest BCUT2D eigenvalue weighted by Gasteiger charge is -2.08. The lowest BCUT2D eigenvalue weighted by molar-refractivity contribution is -0.131. The van der Waals surface area contributed by atoms with Crippen molar-refractivity contribution in [3.63, 3.8) is 0 Å². The van der Waals surface area contributed by atoms with Gasteiger partial charge in [0.2, 0.25) is 0 Å². The monoisotopic (exact) mass is 208 g/mol. The molecule has 2 rings (SSSR count). The molecule has 0 fully saturated rings. The van der Waals surface area contributed by atoms with Gasteiger partial charge in [-0.15, -0.1) is 0 Å². The number of esters is 1. The smallest absolute Gasteiger partial charge is 0.308 e. The highest BCUT2D eigenvalue weighted by Crippen LogP contribution is 2.37. The summed E-state index contributed by atoms with van der Waals surface area (Å²) in [5, 5.41) is 0. The Bertz CT molecular complexity index is 398. The third-order valence-corrected chi connectivity index (χ3v) is 2.23. The Hall–Kier alpha value is -1.71. The minimum absolute atomic E-state index is 0.352. The number of fused-ring (bicyclic) bond motifs is 1. The van der Waals surface area contributed by atoms with Crippen molar-refractivity contribution in [2.45, 2.75) is 13.3 Å². The van der Waals surface area contributed by atoms with Crippen molar-refractivity contribution in [2.24, 2.45) is 0 Å². The van der Waals surface area contributed by atoms with E-state index in [-0.39, 0.29) is 5.97 Å². The molecule has 1 aromatic carbocycles. The van der Waals surface area contributed by atoms with Gasteiger partial charge in [-0.05, 0) is 0 Å². The Morgan fingerprint density at radius 2 is 2.27 bits per heavy atom. The van der Waals surface area contributed by atoms with Crippen molar-refractivity contribution in [3.05, 3.63) is 17.7 Å². The molecule has 0 aromatic heterocycles. The summed E-state index contributed by atoms with van der Waals surface area (Å²) < 4.78 is 15.6. The number of hydrogen-bond donors (Lipinski definition) is 0. The molecule has 0 radical (unpaired) electrons. The van der Waals surface area contributed by atoms with Gasteiger partial charge in [0.05, 0.1) is 13.7 Å². The van der Waals surface area contributed by atoms with Gasteiger partial charge in [0.15, 0.2) is 0 Å². The number of benzene rings is 1. The van der Waals surface area contributed by atoms with Gasteiger partial charge in [0.25, 0.3) is 0 Å². The van der Waals surface area contributed by atoms with Crippen LogP contribution in [-0.2, 0) is 11.2 Å². The number of rotatable bonds is 2. The van der Waals surface area contributed by atoms with Crippen LogP contribution in [0.5, 0.6) is 17.2 Å². The van der Waals surface area contributed by atoms with Gasteiger partial charge in [-0.1, -0.05) is 0 Å². The first-order chi connectivity index (χ1) is 7.20. The first kappa shape index (κ1) is 9.83. The molecule has 15 heavy (non-hydrogen) atoms. The number of hydrogen-bond acceptors (Lipinski definition) is 4. The van der Waals surface area contributed by atoms with E-state index in [2.05, 4.69) is 0 Å². The Labute approximate surface area is 87.8 Å². The maximum absolute atomic E-state index is 10.8. The van der Waals surface area contributed by atoms with Crippen LogP contribution in [0, 0.1) is 0 Å². The molecule has 1 heterocycles. The summed E-state index contributed by atoms with van der Waals surface area (Å²) in [6.07, 6.45) is 0.832. The van der Waals surface area contributed by atoms with E-state index in [0.29, 0.717) is 18.1 Å². The summed E-state index contributed by atoms with van der Waals surface area (Å²) in [7, 11) is 1.59. The maximum atomic E-state index is 10.8. The quantitative estimate of drug-likeness (QED) is 0.546. The Morgan fingerprint density at radius 1 is 1.47 bits per heavy atom. The molecule has 0 bridgehead atoms. The van der Waals surface area contributed by atoms with Crippen molar-refractivity contribution in [1.82, 2.24) is 0 Å². The first-order valence-electron chi connectivity index (χ1n) is 4.73. The molecule has 0 saturated heterocycles. The zero-order valence-corrected chi connectivity index (χ0v) is 8.70. The number of methoxy groups -OCH3 is 1. The third-order valence-electron chi connectivity index (χ3n) is 2.23. The molecule has 0 N–H and O–H groups in total. The molecule has 0 unspecified atom stereocenters. The SMILES string of the molecule is COc1cc(OC(C)=O)cc2c1CCO2. The first-order valence-corrected chi connectivity index (χ1v) is 4.73. The zero-order valence-electron chi connectivity index (χ0n) is 8.70. The van der Waals surface area contributed by atoms with Crippen LogP contribution in [0.1, 0.15) is 12.5 Å². The highest BCUT2D eigenvalue weighted by atomic mass is 16.5. The highest BCUT2D eigenvalue weighted by molar-refractivity contribution is 5.70. The van der Waals surface area contributed by atoms with Crippen molar-refractivity contribution < 1.29 is 19.0 Å². The molecule has 1 aromatic rings. The molecule has 0 saturated carbocycles. The van der Waals surface area contributed by atoms with Gasteiger partial charge >= 0.3 is 5.97 Å². The molecular weight excluding hydrogens is 196 g/mol. The van der Waals surface area contributed by atoms with E-state index in [9.17, 15) is 4.79 Å². The van der Waals surface area contributed by atoms with Crippen LogP contribution in [0.3, 0.4) is 0 Å². The predicted octanol–water partition coefficient (Wildman–Crippen LogP) is 1.56. The van der Waals surface area contributed by atoms with Gasteiger partial charge in [0, 0.05) is 31.0 Å². The summed E-state index contributed by atoms with van der Waals surface area (Å²) in [5.74, 6) is 1.56. The molecule has 0 spiro atoms. The molecular formula is C11H12O4. The van der Waals surface area contributed by atoms with Gasteiger partial charge in [-0.2, -0.15) is 0 Å². The maximum Gasteiger partial charge on any atom is 0.308 e. The summed E-state index contributed by atoms with van der Waals surface area (Å²) in [4.78, 5) is 10.8. The molecule has 1 aliphatic rings. The second-order valence-electron chi connectivity index (χ2n) is 3.29. The number of carbonyl (C=O) groups is 1. The van der Waals surface area contributed by atoms with Gasteiger partial charge in [-0.3, -0.25) is 4.79 Å². The predicted molar refractivity (Wildman–Crippen MR) is 53.5 cm³/mol. The topological polar surface area (TPSA) is 44.8 Å². The van der Waals surface area contributed by atoms with E-state index in [0.717, 1.165) is 17.7 Å². The van der Waals surface area contributed by atoms with E-state index < -0.39 is 0 Å². The summed E-state index contributed by atoms with van der Waals surface area (Å²) in [5.41, 5.74) is 1.04. The molecule has 4 nitrogen and oxygen atoms in total. The van der Waals surface area contributed by atoms with Gasteiger partial charge in [0.1, 0.15) is 17.2 Å². The molecule has 0 amide bonds. The Balaban J connectivity index is 2.38. The van der Waals surface area contributed by atoms with Crippen LogP contribution in [-0.4, -0.2) is 19.7 Å². The normalized spacial score (nSPS) is 12.9. The van der Waals surface area contributed by atoms with Crippen LogP contribution < -0.4 is 14.2 Å². The van der Waals surface area contributed by atoms with Crippen molar-refractivity contribution in [2.75, 3.05) is 13.7 Å².